The number of amides is 2. The summed E-state index contributed by atoms with van der Waals surface area (Å²) in [6.07, 6.45) is -0.313. The number of anilines is 2. The highest BCUT2D eigenvalue weighted by molar-refractivity contribution is 8.01. The van der Waals surface area contributed by atoms with Gasteiger partial charge in [0.1, 0.15) is 0 Å². The molecule has 1 aromatic heterocycles. The Bertz CT molecular complexity index is 865. The summed E-state index contributed by atoms with van der Waals surface area (Å²) >= 11 is 2.81. The summed E-state index contributed by atoms with van der Waals surface area (Å²) in [5, 5.41) is 12.3. The highest BCUT2D eigenvalue weighted by Crippen LogP contribution is 2.29. The lowest BCUT2D eigenvalue weighted by Gasteiger charge is -2.33. The molecule has 1 aliphatic heterocycles. The summed E-state index contributed by atoms with van der Waals surface area (Å²) in [6.45, 7) is 8.31. The van der Waals surface area contributed by atoms with Crippen molar-refractivity contribution in [3.8, 4) is 0 Å². The summed E-state index contributed by atoms with van der Waals surface area (Å²) in [4.78, 5) is 27.6. The van der Waals surface area contributed by atoms with E-state index in [0.29, 0.717) is 43.7 Å². The maximum Gasteiger partial charge on any atom is 0.409 e. The average Bonchev–Trinajstić information content (AvgIpc) is 3.17. The Kier molecular flexibility index (Phi) is 7.32. The van der Waals surface area contributed by atoms with Crippen molar-refractivity contribution < 1.29 is 14.3 Å². The van der Waals surface area contributed by atoms with Crippen molar-refractivity contribution in [3.05, 3.63) is 29.3 Å². The molecule has 8 nitrogen and oxygen atoms in total. The number of piperazine rings is 1. The summed E-state index contributed by atoms with van der Waals surface area (Å²) in [7, 11) is 0. The molecule has 1 fully saturated rings. The van der Waals surface area contributed by atoms with Crippen LogP contribution in [0, 0.1) is 13.8 Å². The van der Waals surface area contributed by atoms with Gasteiger partial charge in [0, 0.05) is 31.9 Å². The van der Waals surface area contributed by atoms with Gasteiger partial charge in [0.15, 0.2) is 4.34 Å². The molecule has 3 rings (SSSR count). The summed E-state index contributed by atoms with van der Waals surface area (Å²) < 4.78 is 5.75. The second kappa shape index (κ2) is 9.93. The van der Waals surface area contributed by atoms with Gasteiger partial charge in [-0.05, 0) is 38.0 Å². The van der Waals surface area contributed by atoms with Gasteiger partial charge in [0.05, 0.1) is 12.4 Å². The van der Waals surface area contributed by atoms with E-state index in [1.54, 1.807) is 16.7 Å². The monoisotopic (exact) mass is 435 g/mol. The van der Waals surface area contributed by atoms with Gasteiger partial charge in [-0.3, -0.25) is 4.79 Å². The van der Waals surface area contributed by atoms with E-state index in [-0.39, 0.29) is 12.0 Å². The predicted octanol–water partition coefficient (Wildman–Crippen LogP) is 3.29. The van der Waals surface area contributed by atoms with Crippen molar-refractivity contribution in [1.29, 1.82) is 0 Å². The van der Waals surface area contributed by atoms with E-state index < -0.39 is 0 Å². The van der Waals surface area contributed by atoms with Gasteiger partial charge in [0.2, 0.25) is 11.0 Å². The van der Waals surface area contributed by atoms with Crippen molar-refractivity contribution in [3.63, 3.8) is 0 Å². The fourth-order valence-corrected chi connectivity index (χ4v) is 4.56. The fourth-order valence-electron chi connectivity index (χ4n) is 2.89. The zero-order valence-electron chi connectivity index (χ0n) is 16.8. The van der Waals surface area contributed by atoms with Crippen LogP contribution >= 0.6 is 23.1 Å². The Morgan fingerprint density at radius 1 is 1.17 bits per heavy atom. The molecule has 1 N–H and O–H groups in total. The minimum Gasteiger partial charge on any atom is -0.450 e. The standard InChI is InChI=1S/C19H25N5O3S2/c1-4-27-19(26)24-10-8-23(9-11-24)16(25)12-28-18-22-21-17(29-18)20-15-7-5-6-13(2)14(15)3/h5-7H,4,8-12H2,1-3H3,(H,20,21). The summed E-state index contributed by atoms with van der Waals surface area (Å²) in [5.41, 5.74) is 3.39. The van der Waals surface area contributed by atoms with Crippen LogP contribution in [0.4, 0.5) is 15.6 Å². The van der Waals surface area contributed by atoms with Crippen LogP contribution in [-0.4, -0.2) is 70.5 Å². The Hall–Kier alpha value is -2.33. The number of nitrogens with one attached hydrogen (secondary N) is 1. The molecule has 1 aromatic carbocycles. The molecule has 2 amide bonds. The van der Waals surface area contributed by atoms with E-state index in [9.17, 15) is 9.59 Å². The normalized spacial score (nSPS) is 14.0. The Balaban J connectivity index is 1.47. The number of aryl methyl sites for hydroxylation is 1. The lowest BCUT2D eigenvalue weighted by atomic mass is 10.1. The smallest absolute Gasteiger partial charge is 0.409 e. The first-order valence-electron chi connectivity index (χ1n) is 9.47. The van der Waals surface area contributed by atoms with Gasteiger partial charge >= 0.3 is 6.09 Å². The molecule has 1 saturated heterocycles. The molecule has 0 bridgehead atoms. The number of benzene rings is 1. The lowest BCUT2D eigenvalue weighted by Crippen LogP contribution is -2.51. The molecule has 1 aliphatic rings. The van der Waals surface area contributed by atoms with Crippen LogP contribution in [0.15, 0.2) is 22.5 Å². The minimum absolute atomic E-state index is 0.0396. The highest BCUT2D eigenvalue weighted by Gasteiger charge is 2.25. The number of hydrogen-bond donors (Lipinski definition) is 1. The molecular formula is C19H25N5O3S2. The molecule has 0 saturated carbocycles. The first-order valence-corrected chi connectivity index (χ1v) is 11.3. The molecule has 0 unspecified atom stereocenters. The molecule has 0 atom stereocenters. The molecule has 29 heavy (non-hydrogen) atoms. The van der Waals surface area contributed by atoms with E-state index in [1.807, 2.05) is 12.1 Å². The van der Waals surface area contributed by atoms with Crippen molar-refractivity contribution in [2.45, 2.75) is 25.1 Å². The largest absolute Gasteiger partial charge is 0.450 e. The van der Waals surface area contributed by atoms with Crippen LogP contribution in [0.2, 0.25) is 0 Å². The molecule has 0 radical (unpaired) electrons. The average molecular weight is 436 g/mol. The lowest BCUT2D eigenvalue weighted by molar-refractivity contribution is -0.129. The quantitative estimate of drug-likeness (QED) is 0.697. The van der Waals surface area contributed by atoms with E-state index in [0.717, 1.165) is 10.0 Å². The van der Waals surface area contributed by atoms with Crippen LogP contribution in [0.1, 0.15) is 18.1 Å². The molecule has 156 valence electrons. The second-order valence-corrected chi connectivity index (χ2v) is 8.80. The van der Waals surface area contributed by atoms with Gasteiger partial charge in [-0.25, -0.2) is 4.79 Å². The molecule has 2 heterocycles. The topological polar surface area (TPSA) is 87.7 Å². The fraction of sp³-hybridized carbons (Fsp3) is 0.474. The molecule has 2 aromatic rings. The minimum atomic E-state index is -0.313. The SMILES string of the molecule is CCOC(=O)N1CCN(C(=O)CSc2nnc(Nc3cccc(C)c3C)s2)CC1. The van der Waals surface area contributed by atoms with Crippen LogP contribution < -0.4 is 5.32 Å². The van der Waals surface area contributed by atoms with Crippen LogP contribution in [0.3, 0.4) is 0 Å². The van der Waals surface area contributed by atoms with Gasteiger partial charge < -0.3 is 19.9 Å². The third-order valence-electron chi connectivity index (χ3n) is 4.73. The van der Waals surface area contributed by atoms with Crippen molar-refractivity contribution in [1.82, 2.24) is 20.0 Å². The number of nitrogens with zero attached hydrogens (tertiary/aromatic N) is 4. The van der Waals surface area contributed by atoms with Crippen molar-refractivity contribution in [2.24, 2.45) is 0 Å². The van der Waals surface area contributed by atoms with Gasteiger partial charge in [-0.1, -0.05) is 35.2 Å². The first-order chi connectivity index (χ1) is 14.0. The maximum atomic E-state index is 12.5. The third kappa shape index (κ3) is 5.60. The number of carbonyl (C=O) groups is 2. The Labute approximate surface area is 178 Å². The van der Waals surface area contributed by atoms with E-state index in [1.165, 1.54) is 34.2 Å². The van der Waals surface area contributed by atoms with Crippen molar-refractivity contribution >= 4 is 45.9 Å². The zero-order valence-corrected chi connectivity index (χ0v) is 18.4. The predicted molar refractivity (Wildman–Crippen MR) is 115 cm³/mol. The number of rotatable bonds is 6. The summed E-state index contributed by atoms with van der Waals surface area (Å²) in [6, 6.07) is 6.08. The van der Waals surface area contributed by atoms with E-state index in [2.05, 4.69) is 35.4 Å². The maximum absolute atomic E-state index is 12.5. The van der Waals surface area contributed by atoms with E-state index >= 15 is 0 Å². The van der Waals surface area contributed by atoms with Crippen LogP contribution in [0.25, 0.3) is 0 Å². The number of aromatic nitrogens is 2. The van der Waals surface area contributed by atoms with Crippen molar-refractivity contribution in [2.75, 3.05) is 43.9 Å². The van der Waals surface area contributed by atoms with Crippen LogP contribution in [-0.2, 0) is 9.53 Å². The number of thioether (sulfide) groups is 1. The molecule has 0 spiro atoms. The van der Waals surface area contributed by atoms with Crippen LogP contribution in [0.5, 0.6) is 0 Å². The number of ether oxygens (including phenoxy) is 1. The summed E-state index contributed by atoms with van der Waals surface area (Å²) in [5.74, 6) is 0.343. The second-order valence-electron chi connectivity index (χ2n) is 6.60. The van der Waals surface area contributed by atoms with Gasteiger partial charge in [-0.15, -0.1) is 10.2 Å². The first kappa shape index (κ1) is 21.4. The molecule has 10 heteroatoms. The van der Waals surface area contributed by atoms with Gasteiger partial charge in [-0.2, -0.15) is 0 Å². The Morgan fingerprint density at radius 2 is 1.90 bits per heavy atom. The number of carbonyl (C=O) groups excluding carboxylic acids is 2. The Morgan fingerprint density at radius 3 is 2.62 bits per heavy atom. The third-order valence-corrected chi connectivity index (χ3v) is 6.69. The molecular weight excluding hydrogens is 410 g/mol. The highest BCUT2D eigenvalue weighted by atomic mass is 32.2. The molecule has 0 aliphatic carbocycles. The number of hydrogen-bond acceptors (Lipinski definition) is 8. The van der Waals surface area contributed by atoms with E-state index in [4.69, 9.17) is 4.74 Å². The zero-order chi connectivity index (χ0) is 20.8. The van der Waals surface area contributed by atoms with Gasteiger partial charge in [0.25, 0.3) is 0 Å².